The lowest BCUT2D eigenvalue weighted by Gasteiger charge is -2.36. The van der Waals surface area contributed by atoms with E-state index in [9.17, 15) is 9.50 Å². The van der Waals surface area contributed by atoms with Crippen LogP contribution in [0.4, 0.5) is 4.39 Å². The molecule has 1 N–H and O–H groups in total. The van der Waals surface area contributed by atoms with E-state index in [1.165, 1.54) is 12.5 Å². The summed E-state index contributed by atoms with van der Waals surface area (Å²) >= 11 is 5.73. The second-order valence-corrected chi connectivity index (χ2v) is 5.54. The first-order valence-electron chi connectivity index (χ1n) is 6.19. The fourth-order valence-corrected chi connectivity index (χ4v) is 2.94. The minimum atomic E-state index is -1.09. The van der Waals surface area contributed by atoms with Crippen molar-refractivity contribution in [3.8, 4) is 0 Å². The average Bonchev–Trinajstić information content (AvgIpc) is 2.29. The van der Waals surface area contributed by atoms with E-state index in [1.807, 2.05) is 0 Å². The molecule has 1 aromatic carbocycles. The molecule has 3 heteroatoms. The van der Waals surface area contributed by atoms with E-state index in [1.54, 1.807) is 19.1 Å². The van der Waals surface area contributed by atoms with Gasteiger partial charge in [0.05, 0.1) is 5.60 Å². The van der Waals surface area contributed by atoms with Crippen molar-refractivity contribution < 1.29 is 9.50 Å². The molecule has 0 spiro atoms. The van der Waals surface area contributed by atoms with Crippen molar-refractivity contribution in [2.75, 3.05) is 0 Å². The molecular formula is C14H18ClFO. The monoisotopic (exact) mass is 256 g/mol. The minimum absolute atomic E-state index is 0.145. The Morgan fingerprint density at radius 1 is 1.29 bits per heavy atom. The molecule has 0 aromatic heterocycles. The standard InChI is InChI=1S/C14H18ClFO/c1-14(17,10-5-3-2-4-6-10)12-8-7-11(15)9-13(12)16/h7-10,17H,2-6H2,1H3. The summed E-state index contributed by atoms with van der Waals surface area (Å²) in [6, 6.07) is 4.51. The fourth-order valence-electron chi connectivity index (χ4n) is 2.78. The molecule has 1 nitrogen and oxygen atoms in total. The molecule has 1 unspecified atom stereocenters. The van der Waals surface area contributed by atoms with Gasteiger partial charge in [-0.1, -0.05) is 36.9 Å². The molecular weight excluding hydrogens is 239 g/mol. The Bertz CT molecular complexity index is 397. The maximum Gasteiger partial charge on any atom is 0.130 e. The van der Waals surface area contributed by atoms with Crippen LogP contribution in [-0.2, 0) is 5.60 Å². The molecule has 1 aliphatic rings. The predicted octanol–water partition coefficient (Wildman–Crippen LogP) is 4.27. The molecule has 0 bridgehead atoms. The number of halogens is 2. The van der Waals surface area contributed by atoms with Crippen LogP contribution < -0.4 is 0 Å². The molecule has 1 fully saturated rings. The van der Waals surface area contributed by atoms with E-state index in [-0.39, 0.29) is 5.92 Å². The van der Waals surface area contributed by atoms with Crippen molar-refractivity contribution in [1.29, 1.82) is 0 Å². The van der Waals surface area contributed by atoms with Gasteiger partial charge in [-0.05, 0) is 37.8 Å². The SMILES string of the molecule is CC(O)(c1ccc(Cl)cc1F)C1CCCCC1. The van der Waals surface area contributed by atoms with E-state index in [4.69, 9.17) is 11.6 Å². The molecule has 94 valence electrons. The van der Waals surface area contributed by atoms with Crippen molar-refractivity contribution >= 4 is 11.6 Å². The first kappa shape index (κ1) is 12.8. The van der Waals surface area contributed by atoms with Gasteiger partial charge < -0.3 is 5.11 Å². The third kappa shape index (κ3) is 2.63. The zero-order valence-corrected chi connectivity index (χ0v) is 10.8. The summed E-state index contributed by atoms with van der Waals surface area (Å²) in [5.41, 5.74) is -0.719. The third-order valence-electron chi connectivity index (χ3n) is 3.88. The smallest absolute Gasteiger partial charge is 0.130 e. The average molecular weight is 257 g/mol. The van der Waals surface area contributed by atoms with Gasteiger partial charge in [-0.25, -0.2) is 4.39 Å². The summed E-state index contributed by atoms with van der Waals surface area (Å²) in [5, 5.41) is 11.0. The summed E-state index contributed by atoms with van der Waals surface area (Å²) < 4.78 is 13.9. The Kier molecular flexibility index (Phi) is 3.74. The lowest BCUT2D eigenvalue weighted by Crippen LogP contribution is -2.34. The zero-order chi connectivity index (χ0) is 12.5. The molecule has 2 rings (SSSR count). The highest BCUT2D eigenvalue weighted by Crippen LogP contribution is 2.40. The third-order valence-corrected chi connectivity index (χ3v) is 4.11. The van der Waals surface area contributed by atoms with Crippen molar-refractivity contribution in [2.24, 2.45) is 5.92 Å². The number of rotatable bonds is 2. The molecule has 17 heavy (non-hydrogen) atoms. The molecule has 0 heterocycles. The Balaban J connectivity index is 2.29. The van der Waals surface area contributed by atoms with Crippen LogP contribution in [-0.4, -0.2) is 5.11 Å². The van der Waals surface area contributed by atoms with Crippen LogP contribution in [0.2, 0.25) is 5.02 Å². The first-order valence-corrected chi connectivity index (χ1v) is 6.57. The summed E-state index contributed by atoms with van der Waals surface area (Å²) in [5.74, 6) is -0.264. The Morgan fingerprint density at radius 3 is 2.53 bits per heavy atom. The highest BCUT2D eigenvalue weighted by molar-refractivity contribution is 6.30. The van der Waals surface area contributed by atoms with E-state index in [0.29, 0.717) is 10.6 Å². The molecule has 1 atom stereocenters. The maximum atomic E-state index is 13.9. The van der Waals surface area contributed by atoms with Gasteiger partial charge in [0.2, 0.25) is 0 Å². The number of benzene rings is 1. The fraction of sp³-hybridized carbons (Fsp3) is 0.571. The van der Waals surface area contributed by atoms with Crippen LogP contribution in [0.15, 0.2) is 18.2 Å². The summed E-state index contributed by atoms with van der Waals surface area (Å²) in [7, 11) is 0. The normalized spacial score (nSPS) is 21.2. The Morgan fingerprint density at radius 2 is 1.94 bits per heavy atom. The molecule has 1 aliphatic carbocycles. The molecule has 0 radical (unpaired) electrons. The molecule has 0 saturated heterocycles. The van der Waals surface area contributed by atoms with Gasteiger partial charge in [0.25, 0.3) is 0 Å². The minimum Gasteiger partial charge on any atom is -0.385 e. The number of hydrogen-bond donors (Lipinski definition) is 1. The van der Waals surface area contributed by atoms with Crippen LogP contribution >= 0.6 is 11.6 Å². The van der Waals surface area contributed by atoms with Crippen LogP contribution in [0.5, 0.6) is 0 Å². The zero-order valence-electron chi connectivity index (χ0n) is 10.0. The Labute approximate surface area is 107 Å². The molecule has 1 aromatic rings. The van der Waals surface area contributed by atoms with E-state index in [0.717, 1.165) is 25.7 Å². The highest BCUT2D eigenvalue weighted by atomic mass is 35.5. The van der Waals surface area contributed by atoms with Crippen molar-refractivity contribution in [3.05, 3.63) is 34.6 Å². The topological polar surface area (TPSA) is 20.2 Å². The van der Waals surface area contributed by atoms with Gasteiger partial charge in [-0.2, -0.15) is 0 Å². The highest BCUT2D eigenvalue weighted by Gasteiger charge is 2.36. The lowest BCUT2D eigenvalue weighted by atomic mass is 9.74. The largest absolute Gasteiger partial charge is 0.385 e. The van der Waals surface area contributed by atoms with Gasteiger partial charge in [-0.15, -0.1) is 0 Å². The van der Waals surface area contributed by atoms with E-state index < -0.39 is 11.4 Å². The van der Waals surface area contributed by atoms with Gasteiger partial charge in [0, 0.05) is 10.6 Å². The van der Waals surface area contributed by atoms with Gasteiger partial charge >= 0.3 is 0 Å². The summed E-state index contributed by atoms with van der Waals surface area (Å²) in [6.07, 6.45) is 5.39. The summed E-state index contributed by atoms with van der Waals surface area (Å²) in [4.78, 5) is 0. The maximum absolute atomic E-state index is 13.9. The van der Waals surface area contributed by atoms with Crippen LogP contribution in [0, 0.1) is 11.7 Å². The van der Waals surface area contributed by atoms with Crippen molar-refractivity contribution in [2.45, 2.75) is 44.6 Å². The van der Waals surface area contributed by atoms with E-state index >= 15 is 0 Å². The quantitative estimate of drug-likeness (QED) is 0.838. The van der Waals surface area contributed by atoms with Gasteiger partial charge in [0.1, 0.15) is 5.82 Å². The summed E-state index contributed by atoms with van der Waals surface area (Å²) in [6.45, 7) is 1.72. The second-order valence-electron chi connectivity index (χ2n) is 5.11. The number of hydrogen-bond acceptors (Lipinski definition) is 1. The van der Waals surface area contributed by atoms with Crippen LogP contribution in [0.1, 0.15) is 44.6 Å². The molecule has 0 amide bonds. The van der Waals surface area contributed by atoms with Gasteiger partial charge in [0.15, 0.2) is 0 Å². The molecule has 0 aliphatic heterocycles. The van der Waals surface area contributed by atoms with Crippen molar-refractivity contribution in [3.63, 3.8) is 0 Å². The first-order chi connectivity index (χ1) is 8.01. The predicted molar refractivity (Wildman–Crippen MR) is 67.6 cm³/mol. The van der Waals surface area contributed by atoms with Crippen molar-refractivity contribution in [1.82, 2.24) is 0 Å². The lowest BCUT2D eigenvalue weighted by molar-refractivity contribution is -0.0243. The Hall–Kier alpha value is -0.600. The molecule has 1 saturated carbocycles. The van der Waals surface area contributed by atoms with Crippen LogP contribution in [0.25, 0.3) is 0 Å². The second kappa shape index (κ2) is 4.95. The van der Waals surface area contributed by atoms with Gasteiger partial charge in [-0.3, -0.25) is 0 Å². The van der Waals surface area contributed by atoms with Crippen LogP contribution in [0.3, 0.4) is 0 Å². The van der Waals surface area contributed by atoms with E-state index in [2.05, 4.69) is 0 Å². The number of aliphatic hydroxyl groups is 1.